The molecule has 0 spiro atoms. The van der Waals surface area contributed by atoms with E-state index in [4.69, 9.17) is 0 Å². The highest BCUT2D eigenvalue weighted by Gasteiger charge is 2.22. The normalized spacial score (nSPS) is 15.3. The minimum atomic E-state index is 0.250. The highest BCUT2D eigenvalue weighted by atomic mass is 15.2. The van der Waals surface area contributed by atoms with E-state index < -0.39 is 0 Å². The van der Waals surface area contributed by atoms with E-state index in [1.807, 2.05) is 0 Å². The molecule has 23 heavy (non-hydrogen) atoms. The molecule has 0 aliphatic carbocycles. The third-order valence-electron chi connectivity index (χ3n) is 4.33. The van der Waals surface area contributed by atoms with Crippen molar-refractivity contribution in [3.63, 3.8) is 0 Å². The Labute approximate surface area is 143 Å². The molecule has 2 rings (SSSR count). The number of allylic oxidation sites excluding steroid dienone is 1. The topological polar surface area (TPSA) is 15.3 Å². The van der Waals surface area contributed by atoms with Gasteiger partial charge in [0, 0.05) is 18.8 Å². The summed E-state index contributed by atoms with van der Waals surface area (Å²) in [6.07, 6.45) is 5.86. The van der Waals surface area contributed by atoms with E-state index in [9.17, 15) is 0 Å². The number of aryl methyl sites for hydroxylation is 1. The zero-order valence-electron chi connectivity index (χ0n) is 15.9. The van der Waals surface area contributed by atoms with Gasteiger partial charge in [-0.15, -0.1) is 0 Å². The van der Waals surface area contributed by atoms with Crippen LogP contribution in [0, 0.1) is 5.41 Å². The molecule has 2 nitrogen and oxygen atoms in total. The molecule has 0 amide bonds. The van der Waals surface area contributed by atoms with Gasteiger partial charge >= 0.3 is 0 Å². The number of nitrogens with zero attached hydrogens (tertiary/aromatic N) is 1. The summed E-state index contributed by atoms with van der Waals surface area (Å²) in [4.78, 5) is 2.49. The van der Waals surface area contributed by atoms with Crippen molar-refractivity contribution in [2.75, 3.05) is 18.0 Å². The number of hydrogen-bond acceptors (Lipinski definition) is 2. The van der Waals surface area contributed by atoms with Crippen LogP contribution in [0.2, 0.25) is 0 Å². The first kappa shape index (κ1) is 17.9. The lowest BCUT2D eigenvalue weighted by Crippen LogP contribution is -2.39. The van der Waals surface area contributed by atoms with Crippen molar-refractivity contribution >= 4 is 5.69 Å². The molecule has 1 heterocycles. The van der Waals surface area contributed by atoms with Gasteiger partial charge in [0.1, 0.15) is 5.82 Å². The van der Waals surface area contributed by atoms with E-state index in [0.717, 1.165) is 19.5 Å². The molecular formula is C21H34N2. The second-order valence-electron chi connectivity index (χ2n) is 8.25. The van der Waals surface area contributed by atoms with Crippen LogP contribution >= 0.6 is 0 Å². The molecule has 0 aromatic heterocycles. The van der Waals surface area contributed by atoms with Gasteiger partial charge in [0.2, 0.25) is 0 Å². The van der Waals surface area contributed by atoms with Gasteiger partial charge in [0.15, 0.2) is 0 Å². The molecule has 2 heteroatoms. The van der Waals surface area contributed by atoms with Crippen LogP contribution < -0.4 is 10.2 Å². The second-order valence-corrected chi connectivity index (χ2v) is 8.25. The lowest BCUT2D eigenvalue weighted by molar-refractivity contribution is 0.414. The van der Waals surface area contributed by atoms with E-state index in [1.165, 1.54) is 35.5 Å². The lowest BCUT2D eigenvalue weighted by Gasteiger charge is -2.36. The summed E-state index contributed by atoms with van der Waals surface area (Å²) in [7, 11) is 0. The summed E-state index contributed by atoms with van der Waals surface area (Å²) in [5.41, 5.74) is 4.46. The van der Waals surface area contributed by atoms with Crippen LogP contribution in [0.15, 0.2) is 30.1 Å². The molecule has 128 valence electrons. The average molecular weight is 315 g/mol. The first-order valence-corrected chi connectivity index (χ1v) is 9.15. The second kappa shape index (κ2) is 7.42. The fourth-order valence-corrected chi connectivity index (χ4v) is 3.02. The predicted octanol–water partition coefficient (Wildman–Crippen LogP) is 5.45. The summed E-state index contributed by atoms with van der Waals surface area (Å²) in [6, 6.07) is 7.12. The Morgan fingerprint density at radius 2 is 1.91 bits per heavy atom. The molecule has 1 aromatic carbocycles. The number of nitrogens with one attached hydrogen (secondary N) is 1. The van der Waals surface area contributed by atoms with Crippen molar-refractivity contribution in [2.45, 2.75) is 66.7 Å². The molecule has 0 saturated carbocycles. The maximum absolute atomic E-state index is 3.61. The van der Waals surface area contributed by atoms with Crippen LogP contribution in [-0.2, 0) is 6.42 Å². The fraction of sp³-hybridized carbons (Fsp3) is 0.619. The lowest BCUT2D eigenvalue weighted by atomic mass is 9.94. The fourth-order valence-electron chi connectivity index (χ4n) is 3.02. The van der Waals surface area contributed by atoms with Gasteiger partial charge in [-0.2, -0.15) is 0 Å². The summed E-state index contributed by atoms with van der Waals surface area (Å²) in [5.74, 6) is 1.85. The average Bonchev–Trinajstić information content (AvgIpc) is 2.52. The van der Waals surface area contributed by atoms with Crippen molar-refractivity contribution in [1.29, 1.82) is 0 Å². The Kier molecular flexibility index (Phi) is 5.78. The zero-order valence-corrected chi connectivity index (χ0v) is 15.9. The minimum Gasteiger partial charge on any atom is -0.372 e. The van der Waals surface area contributed by atoms with Gasteiger partial charge in [-0.05, 0) is 59.9 Å². The van der Waals surface area contributed by atoms with Crippen LogP contribution in [-0.4, -0.2) is 13.1 Å². The highest BCUT2D eigenvalue weighted by molar-refractivity contribution is 5.56. The summed E-state index contributed by atoms with van der Waals surface area (Å²) in [5, 5.41) is 3.61. The largest absolute Gasteiger partial charge is 0.372 e. The van der Waals surface area contributed by atoms with Gasteiger partial charge in [0.05, 0.1) is 0 Å². The van der Waals surface area contributed by atoms with E-state index in [2.05, 4.69) is 76.0 Å². The zero-order chi connectivity index (χ0) is 17.0. The van der Waals surface area contributed by atoms with Crippen LogP contribution in [0.5, 0.6) is 0 Å². The summed E-state index contributed by atoms with van der Waals surface area (Å²) in [6.45, 7) is 15.9. The Balaban J connectivity index is 2.45. The van der Waals surface area contributed by atoms with E-state index in [1.54, 1.807) is 0 Å². The van der Waals surface area contributed by atoms with Crippen LogP contribution in [0.4, 0.5) is 5.69 Å². The molecule has 0 radical (unpaired) electrons. The van der Waals surface area contributed by atoms with Gasteiger partial charge in [-0.3, -0.25) is 0 Å². The third kappa shape index (κ3) is 5.02. The van der Waals surface area contributed by atoms with Crippen LogP contribution in [0.25, 0.3) is 0 Å². The van der Waals surface area contributed by atoms with Gasteiger partial charge in [0.25, 0.3) is 0 Å². The SMILES string of the molecule is CCc1cc(C(C)C)cc(N(CC(C)(C)C)C2=CCCCN2)c1. The molecule has 1 aliphatic rings. The molecule has 0 saturated heterocycles. The molecule has 0 fully saturated rings. The quantitative estimate of drug-likeness (QED) is 0.777. The number of hydrogen-bond donors (Lipinski definition) is 1. The van der Waals surface area contributed by atoms with Crippen LogP contribution in [0.3, 0.4) is 0 Å². The monoisotopic (exact) mass is 314 g/mol. The predicted molar refractivity (Wildman–Crippen MR) is 102 cm³/mol. The van der Waals surface area contributed by atoms with Crippen molar-refractivity contribution in [2.24, 2.45) is 5.41 Å². The van der Waals surface area contributed by atoms with Gasteiger partial charge < -0.3 is 10.2 Å². The van der Waals surface area contributed by atoms with Crippen LogP contribution in [0.1, 0.15) is 71.4 Å². The Hall–Kier alpha value is -1.44. The summed E-state index contributed by atoms with van der Waals surface area (Å²) >= 11 is 0. The number of benzene rings is 1. The Morgan fingerprint density at radius 1 is 1.17 bits per heavy atom. The van der Waals surface area contributed by atoms with Gasteiger partial charge in [-0.1, -0.05) is 47.6 Å². The number of anilines is 1. The smallest absolute Gasteiger partial charge is 0.102 e. The third-order valence-corrected chi connectivity index (χ3v) is 4.33. The highest BCUT2D eigenvalue weighted by Crippen LogP contribution is 2.30. The first-order chi connectivity index (χ1) is 10.8. The van der Waals surface area contributed by atoms with Crippen molar-refractivity contribution in [1.82, 2.24) is 5.32 Å². The van der Waals surface area contributed by atoms with Crippen molar-refractivity contribution in [3.05, 3.63) is 41.2 Å². The van der Waals surface area contributed by atoms with E-state index in [0.29, 0.717) is 5.92 Å². The van der Waals surface area contributed by atoms with E-state index >= 15 is 0 Å². The van der Waals surface area contributed by atoms with E-state index in [-0.39, 0.29) is 5.41 Å². The molecule has 1 aliphatic heterocycles. The maximum atomic E-state index is 3.61. The molecule has 0 atom stereocenters. The first-order valence-electron chi connectivity index (χ1n) is 9.15. The minimum absolute atomic E-state index is 0.250. The van der Waals surface area contributed by atoms with Gasteiger partial charge in [-0.25, -0.2) is 0 Å². The maximum Gasteiger partial charge on any atom is 0.102 e. The van der Waals surface area contributed by atoms with Crippen molar-refractivity contribution < 1.29 is 0 Å². The Morgan fingerprint density at radius 3 is 2.43 bits per heavy atom. The Bertz CT molecular complexity index is 549. The molecule has 0 unspecified atom stereocenters. The number of rotatable bonds is 5. The molecular weight excluding hydrogens is 280 g/mol. The summed E-state index contributed by atoms with van der Waals surface area (Å²) < 4.78 is 0. The molecule has 0 bridgehead atoms. The molecule has 1 aromatic rings. The standard InChI is InChI=1S/C21H34N2/c1-7-17-12-18(16(2)3)14-19(13-17)23(15-21(4,5)6)20-10-8-9-11-22-20/h10,12-14,16,22H,7-9,11,15H2,1-6H3. The molecule has 1 N–H and O–H groups in total. The van der Waals surface area contributed by atoms with Crippen molar-refractivity contribution in [3.8, 4) is 0 Å².